The lowest BCUT2D eigenvalue weighted by Crippen LogP contribution is -2.47. The first-order chi connectivity index (χ1) is 17.7. The highest BCUT2D eigenvalue weighted by Gasteiger charge is 2.54. The van der Waals surface area contributed by atoms with Crippen molar-refractivity contribution in [2.75, 3.05) is 33.4 Å². The molecule has 0 radical (unpaired) electrons. The van der Waals surface area contributed by atoms with Crippen molar-refractivity contribution in [1.82, 2.24) is 16.0 Å². The maximum Gasteiger partial charge on any atom is 0.414 e. The summed E-state index contributed by atoms with van der Waals surface area (Å²) < 4.78 is 26.7. The fourth-order valence-corrected chi connectivity index (χ4v) is 3.66. The Morgan fingerprint density at radius 3 is 1.74 bits per heavy atom. The van der Waals surface area contributed by atoms with Crippen LogP contribution in [-0.2, 0) is 33.3 Å². The van der Waals surface area contributed by atoms with Crippen LogP contribution in [0, 0.1) is 11.8 Å². The SMILES string of the molecule is CNCCOC(=O)C1C2C=CC(O2)C1C(=O)OCCCN=C(NC(=O)OC(C)(C)C)NC(=O)OC(C)(C)C. The Morgan fingerprint density at radius 2 is 1.29 bits per heavy atom. The number of hydrogen-bond donors (Lipinski definition) is 3. The average molecular weight is 541 g/mol. The van der Waals surface area contributed by atoms with Gasteiger partial charge in [-0.2, -0.15) is 0 Å². The van der Waals surface area contributed by atoms with Gasteiger partial charge in [-0.1, -0.05) is 12.2 Å². The van der Waals surface area contributed by atoms with Gasteiger partial charge in [-0.3, -0.25) is 25.2 Å². The van der Waals surface area contributed by atoms with E-state index in [2.05, 4.69) is 20.9 Å². The molecule has 13 heteroatoms. The number of hydrogen-bond acceptors (Lipinski definition) is 11. The largest absolute Gasteiger partial charge is 0.465 e. The fraction of sp³-hybridized carbons (Fsp3) is 0.720. The van der Waals surface area contributed by atoms with Crippen molar-refractivity contribution in [3.63, 3.8) is 0 Å². The number of rotatable bonds is 9. The number of carbonyl (C=O) groups is 4. The minimum Gasteiger partial charge on any atom is -0.465 e. The molecule has 3 N–H and O–H groups in total. The zero-order valence-corrected chi connectivity index (χ0v) is 23.1. The van der Waals surface area contributed by atoms with Gasteiger partial charge in [0.1, 0.15) is 29.6 Å². The number of likely N-dealkylation sites (N-methyl/N-ethyl adjacent to an activating group) is 1. The molecule has 38 heavy (non-hydrogen) atoms. The van der Waals surface area contributed by atoms with E-state index in [0.717, 1.165) is 0 Å². The van der Waals surface area contributed by atoms with Gasteiger partial charge >= 0.3 is 24.1 Å². The van der Waals surface area contributed by atoms with Crippen molar-refractivity contribution in [2.45, 2.75) is 71.4 Å². The van der Waals surface area contributed by atoms with Crippen LogP contribution in [0.25, 0.3) is 0 Å². The van der Waals surface area contributed by atoms with Crippen molar-refractivity contribution in [3.05, 3.63) is 12.2 Å². The average Bonchev–Trinajstić information content (AvgIpc) is 3.38. The van der Waals surface area contributed by atoms with Crippen LogP contribution in [0.15, 0.2) is 17.1 Å². The molecule has 2 rings (SSSR count). The van der Waals surface area contributed by atoms with E-state index in [1.54, 1.807) is 60.7 Å². The monoisotopic (exact) mass is 540 g/mol. The van der Waals surface area contributed by atoms with Gasteiger partial charge in [-0.05, 0) is 48.6 Å². The molecule has 0 spiro atoms. The molecule has 0 aliphatic carbocycles. The lowest BCUT2D eigenvalue weighted by Gasteiger charge is -2.22. The molecular formula is C25H40N4O9. The van der Waals surface area contributed by atoms with Gasteiger partial charge in [0.2, 0.25) is 5.96 Å². The zero-order chi connectivity index (χ0) is 28.5. The van der Waals surface area contributed by atoms with Crippen molar-refractivity contribution in [3.8, 4) is 0 Å². The van der Waals surface area contributed by atoms with Crippen molar-refractivity contribution >= 4 is 30.1 Å². The third-order valence-corrected chi connectivity index (χ3v) is 5.10. The predicted molar refractivity (Wildman–Crippen MR) is 136 cm³/mol. The van der Waals surface area contributed by atoms with Gasteiger partial charge < -0.3 is 29.0 Å². The molecule has 1 fully saturated rings. The molecule has 2 amide bonds. The molecular weight excluding hydrogens is 500 g/mol. The van der Waals surface area contributed by atoms with E-state index in [1.165, 1.54) is 0 Å². The first kappa shape index (κ1) is 31.0. The summed E-state index contributed by atoms with van der Waals surface area (Å²) in [5.74, 6) is -2.81. The molecule has 2 bridgehead atoms. The van der Waals surface area contributed by atoms with Gasteiger partial charge in [0.05, 0.1) is 18.8 Å². The summed E-state index contributed by atoms with van der Waals surface area (Å²) in [4.78, 5) is 53.8. The summed E-state index contributed by atoms with van der Waals surface area (Å²) in [5, 5.41) is 7.65. The second kappa shape index (κ2) is 13.6. The lowest BCUT2D eigenvalue weighted by atomic mass is 9.83. The summed E-state index contributed by atoms with van der Waals surface area (Å²) in [6.07, 6.45) is 1.08. The number of alkyl carbamates (subject to hydrolysis) is 2. The number of aliphatic imine (C=N–C) groups is 1. The van der Waals surface area contributed by atoms with Crippen LogP contribution >= 0.6 is 0 Å². The Kier molecular flexibility index (Phi) is 11.1. The summed E-state index contributed by atoms with van der Waals surface area (Å²) >= 11 is 0. The van der Waals surface area contributed by atoms with E-state index in [1.807, 2.05) is 0 Å². The van der Waals surface area contributed by atoms with Gasteiger partial charge in [0.15, 0.2) is 0 Å². The molecule has 1 saturated heterocycles. The van der Waals surface area contributed by atoms with Crippen molar-refractivity contribution in [2.24, 2.45) is 16.8 Å². The first-order valence-electron chi connectivity index (χ1n) is 12.6. The number of guanidine groups is 1. The smallest absolute Gasteiger partial charge is 0.414 e. The Balaban J connectivity index is 1.91. The summed E-state index contributed by atoms with van der Waals surface area (Å²) in [6.45, 7) is 10.9. The quantitative estimate of drug-likeness (QED) is 0.0979. The maximum atomic E-state index is 12.8. The third kappa shape index (κ3) is 10.3. The van der Waals surface area contributed by atoms with E-state index in [4.69, 9.17) is 23.7 Å². The molecule has 4 unspecified atom stereocenters. The van der Waals surface area contributed by atoms with Crippen molar-refractivity contribution < 1.29 is 42.9 Å². The molecule has 0 aromatic heterocycles. The van der Waals surface area contributed by atoms with E-state index in [9.17, 15) is 19.2 Å². The number of nitrogens with one attached hydrogen (secondary N) is 3. The van der Waals surface area contributed by atoms with Crippen LogP contribution in [0.5, 0.6) is 0 Å². The number of ether oxygens (including phenoxy) is 5. The first-order valence-corrected chi connectivity index (χ1v) is 12.6. The molecule has 2 aliphatic rings. The Morgan fingerprint density at radius 1 is 0.816 bits per heavy atom. The predicted octanol–water partition coefficient (Wildman–Crippen LogP) is 1.66. The topological polar surface area (TPSA) is 163 Å². The Bertz CT molecular complexity index is 889. The zero-order valence-electron chi connectivity index (χ0n) is 23.1. The van der Waals surface area contributed by atoms with Crippen LogP contribution < -0.4 is 16.0 Å². The van der Waals surface area contributed by atoms with Crippen LogP contribution in [0.3, 0.4) is 0 Å². The third-order valence-electron chi connectivity index (χ3n) is 5.10. The highest BCUT2D eigenvalue weighted by Crippen LogP contribution is 2.40. The van der Waals surface area contributed by atoms with Crippen LogP contribution in [-0.4, -0.2) is 86.8 Å². The number of carbonyl (C=O) groups excluding carboxylic acids is 4. The highest BCUT2D eigenvalue weighted by atomic mass is 16.6. The van der Waals surface area contributed by atoms with E-state index in [-0.39, 0.29) is 32.1 Å². The van der Waals surface area contributed by atoms with E-state index in [0.29, 0.717) is 6.54 Å². The molecule has 2 aliphatic heterocycles. The number of amides is 2. The maximum absolute atomic E-state index is 12.8. The molecule has 0 aromatic carbocycles. The van der Waals surface area contributed by atoms with Gasteiger partial charge in [-0.25, -0.2) is 9.59 Å². The van der Waals surface area contributed by atoms with Gasteiger partial charge in [0, 0.05) is 19.5 Å². The minimum absolute atomic E-state index is 0.00634. The molecule has 214 valence electrons. The number of fused-ring (bicyclic) bond motifs is 2. The highest BCUT2D eigenvalue weighted by molar-refractivity contribution is 6.01. The lowest BCUT2D eigenvalue weighted by molar-refractivity contribution is -0.159. The normalized spacial score (nSPS) is 21.9. The standard InChI is InChI=1S/C25H40N4O9/c1-24(2,3)37-22(32)28-21(29-23(33)38-25(4,5)6)27-11-8-13-34-19(30)17-15-9-10-16(36-15)18(17)20(31)35-14-12-26-7/h9-10,15-18,26H,8,11-14H2,1-7H3,(H2,27,28,29,32,33). The molecule has 4 atom stereocenters. The Labute approximate surface area is 223 Å². The number of esters is 2. The molecule has 13 nitrogen and oxygen atoms in total. The Hall–Kier alpha value is -3.19. The fourth-order valence-electron chi connectivity index (χ4n) is 3.66. The summed E-state index contributed by atoms with van der Waals surface area (Å²) in [5.41, 5.74) is -1.52. The minimum atomic E-state index is -0.810. The van der Waals surface area contributed by atoms with E-state index >= 15 is 0 Å². The van der Waals surface area contributed by atoms with Crippen LogP contribution in [0.1, 0.15) is 48.0 Å². The van der Waals surface area contributed by atoms with Gasteiger partial charge in [-0.15, -0.1) is 0 Å². The second-order valence-corrected chi connectivity index (χ2v) is 10.8. The number of nitrogens with zero attached hydrogens (tertiary/aromatic N) is 1. The van der Waals surface area contributed by atoms with Crippen LogP contribution in [0.4, 0.5) is 9.59 Å². The van der Waals surface area contributed by atoms with E-state index < -0.39 is 59.4 Å². The second-order valence-electron chi connectivity index (χ2n) is 10.8. The molecule has 2 heterocycles. The van der Waals surface area contributed by atoms with Gasteiger partial charge in [0.25, 0.3) is 0 Å². The summed E-state index contributed by atoms with van der Waals surface area (Å²) in [6, 6.07) is 0. The molecule has 0 aromatic rings. The van der Waals surface area contributed by atoms with Crippen LogP contribution in [0.2, 0.25) is 0 Å². The summed E-state index contributed by atoms with van der Waals surface area (Å²) in [7, 11) is 1.74. The van der Waals surface area contributed by atoms with Crippen molar-refractivity contribution in [1.29, 1.82) is 0 Å². The molecule has 0 saturated carbocycles.